The number of pyridine rings is 1. The first-order valence-corrected chi connectivity index (χ1v) is 11.5. The summed E-state index contributed by atoms with van der Waals surface area (Å²) in [5.74, 6) is -1.74. The van der Waals surface area contributed by atoms with Crippen molar-refractivity contribution in [2.24, 2.45) is 0 Å². The first-order valence-electron chi connectivity index (χ1n) is 11.5. The molecule has 1 N–H and O–H groups in total. The Morgan fingerprint density at radius 3 is 2.61 bits per heavy atom. The zero-order valence-corrected chi connectivity index (χ0v) is 18.9. The van der Waals surface area contributed by atoms with Crippen molar-refractivity contribution in [2.45, 2.75) is 44.8 Å². The predicted octanol–water partition coefficient (Wildman–Crippen LogP) is 4.19. The standard InChI is InChI=1S/C26H28FN3O3/c1-16-23-20(25(31)21(26(32)33)15-30(23)18-8-9-18)12-22(27)24(16)29-11-10-19(14-29)28(2)13-17-6-4-3-5-7-17/h3-7,12,15,18-19H,8-11,13-14H2,1-2H3,(H,32,33). The van der Waals surface area contributed by atoms with Crippen LogP contribution in [0.5, 0.6) is 0 Å². The molecule has 0 radical (unpaired) electrons. The summed E-state index contributed by atoms with van der Waals surface area (Å²) in [6.07, 6.45) is 4.23. The number of nitrogens with zero attached hydrogens (tertiary/aromatic N) is 3. The minimum absolute atomic E-state index is 0.150. The van der Waals surface area contributed by atoms with Gasteiger partial charge in [0, 0.05) is 43.3 Å². The third kappa shape index (κ3) is 3.91. The Morgan fingerprint density at radius 2 is 1.94 bits per heavy atom. The summed E-state index contributed by atoms with van der Waals surface area (Å²) < 4.78 is 17.3. The number of hydrogen-bond acceptors (Lipinski definition) is 4. The summed E-state index contributed by atoms with van der Waals surface area (Å²) in [6.45, 7) is 4.11. The van der Waals surface area contributed by atoms with Crippen LogP contribution in [0.25, 0.3) is 10.9 Å². The zero-order chi connectivity index (χ0) is 23.3. The number of rotatable bonds is 6. The number of aromatic nitrogens is 1. The van der Waals surface area contributed by atoms with Crippen LogP contribution < -0.4 is 10.3 Å². The number of carbonyl (C=O) groups is 1. The summed E-state index contributed by atoms with van der Waals surface area (Å²) in [4.78, 5) is 28.8. The Kier molecular flexibility index (Phi) is 5.44. The van der Waals surface area contributed by atoms with Crippen LogP contribution in [0.2, 0.25) is 0 Å². The molecule has 1 aliphatic heterocycles. The largest absolute Gasteiger partial charge is 0.477 e. The van der Waals surface area contributed by atoms with E-state index >= 15 is 4.39 Å². The smallest absolute Gasteiger partial charge is 0.341 e. The van der Waals surface area contributed by atoms with Crippen LogP contribution in [0, 0.1) is 12.7 Å². The second kappa shape index (κ2) is 8.30. The Hall–Kier alpha value is -3.19. The molecule has 6 nitrogen and oxygen atoms in total. The van der Waals surface area contributed by atoms with Crippen molar-refractivity contribution in [3.05, 3.63) is 75.3 Å². The summed E-state index contributed by atoms with van der Waals surface area (Å²) in [5.41, 5.74) is 2.21. The van der Waals surface area contributed by atoms with Crippen LogP contribution in [0.4, 0.5) is 10.1 Å². The van der Waals surface area contributed by atoms with Crippen LogP contribution in [0.1, 0.15) is 46.8 Å². The van der Waals surface area contributed by atoms with Gasteiger partial charge in [-0.3, -0.25) is 9.69 Å². The van der Waals surface area contributed by atoms with E-state index in [4.69, 9.17) is 0 Å². The molecule has 1 aliphatic carbocycles. The van der Waals surface area contributed by atoms with Gasteiger partial charge in [-0.2, -0.15) is 0 Å². The molecule has 0 spiro atoms. The summed E-state index contributed by atoms with van der Waals surface area (Å²) >= 11 is 0. The van der Waals surface area contributed by atoms with Gasteiger partial charge in [-0.05, 0) is 50.4 Å². The maximum atomic E-state index is 15.4. The van der Waals surface area contributed by atoms with Crippen LogP contribution in [0.3, 0.4) is 0 Å². The molecule has 2 fully saturated rings. The second-order valence-corrected chi connectivity index (χ2v) is 9.33. The first kappa shape index (κ1) is 21.6. The van der Waals surface area contributed by atoms with Crippen LogP contribution >= 0.6 is 0 Å². The Bertz CT molecular complexity index is 1280. The van der Waals surface area contributed by atoms with Crippen molar-refractivity contribution in [3.8, 4) is 0 Å². The molecular weight excluding hydrogens is 421 g/mol. The molecule has 0 amide bonds. The fourth-order valence-electron chi connectivity index (χ4n) is 5.16. The average molecular weight is 450 g/mol. The molecule has 3 aromatic rings. The maximum absolute atomic E-state index is 15.4. The minimum Gasteiger partial charge on any atom is -0.477 e. The number of anilines is 1. The number of hydrogen-bond donors (Lipinski definition) is 1. The normalized spacial score (nSPS) is 18.4. The summed E-state index contributed by atoms with van der Waals surface area (Å²) in [5, 5.41) is 9.63. The highest BCUT2D eigenvalue weighted by atomic mass is 19.1. The fraction of sp³-hybridized carbons (Fsp3) is 0.385. The van der Waals surface area contributed by atoms with Gasteiger partial charge < -0.3 is 14.6 Å². The van der Waals surface area contributed by atoms with Crippen molar-refractivity contribution in [3.63, 3.8) is 0 Å². The van der Waals surface area contributed by atoms with Crippen molar-refractivity contribution in [1.29, 1.82) is 0 Å². The fourth-order valence-corrected chi connectivity index (χ4v) is 5.16. The van der Waals surface area contributed by atoms with Gasteiger partial charge in [0.1, 0.15) is 11.4 Å². The molecule has 1 atom stereocenters. The lowest BCUT2D eigenvalue weighted by Gasteiger charge is -2.27. The number of likely N-dealkylation sites (N-methyl/N-ethyl adjacent to an activating group) is 1. The highest BCUT2D eigenvalue weighted by Crippen LogP contribution is 2.40. The molecule has 33 heavy (non-hydrogen) atoms. The van der Waals surface area contributed by atoms with E-state index in [1.54, 1.807) is 0 Å². The van der Waals surface area contributed by atoms with Gasteiger partial charge >= 0.3 is 5.97 Å². The topological polar surface area (TPSA) is 65.8 Å². The van der Waals surface area contributed by atoms with E-state index in [0.29, 0.717) is 29.4 Å². The minimum atomic E-state index is -1.28. The molecule has 2 aromatic carbocycles. The molecule has 5 rings (SSSR count). The van der Waals surface area contributed by atoms with E-state index in [9.17, 15) is 14.7 Å². The first-order chi connectivity index (χ1) is 15.8. The summed E-state index contributed by atoms with van der Waals surface area (Å²) in [7, 11) is 2.10. The lowest BCUT2D eigenvalue weighted by atomic mass is 10.0. The maximum Gasteiger partial charge on any atom is 0.341 e. The average Bonchev–Trinajstić information content (AvgIpc) is 3.52. The zero-order valence-electron chi connectivity index (χ0n) is 18.9. The van der Waals surface area contributed by atoms with Gasteiger partial charge in [-0.25, -0.2) is 9.18 Å². The Labute approximate surface area is 191 Å². The number of benzene rings is 2. The van der Waals surface area contributed by atoms with Crippen LogP contribution in [-0.4, -0.2) is 46.7 Å². The molecule has 1 saturated carbocycles. The molecule has 1 saturated heterocycles. The van der Waals surface area contributed by atoms with Crippen molar-refractivity contribution >= 4 is 22.6 Å². The number of carboxylic acid groups (broad SMARTS) is 1. The lowest BCUT2D eigenvalue weighted by molar-refractivity contribution is 0.0695. The van der Waals surface area contributed by atoms with E-state index in [1.165, 1.54) is 17.8 Å². The number of aromatic carboxylic acids is 1. The number of aryl methyl sites for hydroxylation is 1. The highest BCUT2D eigenvalue weighted by molar-refractivity contribution is 5.95. The number of fused-ring (bicyclic) bond motifs is 1. The highest BCUT2D eigenvalue weighted by Gasteiger charge is 2.32. The van der Waals surface area contributed by atoms with Crippen LogP contribution in [0.15, 0.2) is 47.4 Å². The molecule has 1 unspecified atom stereocenters. The van der Waals surface area contributed by atoms with Gasteiger partial charge in [-0.1, -0.05) is 30.3 Å². The molecule has 2 aliphatic rings. The van der Waals surface area contributed by atoms with Crippen molar-refractivity contribution in [2.75, 3.05) is 25.0 Å². The van der Waals surface area contributed by atoms with Gasteiger partial charge in [0.15, 0.2) is 0 Å². The Morgan fingerprint density at radius 1 is 1.21 bits per heavy atom. The van der Waals surface area contributed by atoms with E-state index < -0.39 is 17.2 Å². The van der Waals surface area contributed by atoms with Crippen LogP contribution in [-0.2, 0) is 6.54 Å². The van der Waals surface area contributed by atoms with E-state index in [2.05, 4.69) is 29.0 Å². The third-order valence-corrected chi connectivity index (χ3v) is 7.03. The molecule has 0 bridgehead atoms. The molecule has 7 heteroatoms. The predicted molar refractivity (Wildman–Crippen MR) is 127 cm³/mol. The molecule has 2 heterocycles. The second-order valence-electron chi connectivity index (χ2n) is 9.33. The van der Waals surface area contributed by atoms with Crippen molar-refractivity contribution in [1.82, 2.24) is 9.47 Å². The molecular formula is C26H28FN3O3. The van der Waals surface area contributed by atoms with Gasteiger partial charge in [0.25, 0.3) is 0 Å². The van der Waals surface area contributed by atoms with E-state index in [-0.39, 0.29) is 17.0 Å². The Balaban J connectivity index is 1.50. The van der Waals surface area contributed by atoms with Gasteiger partial charge in [-0.15, -0.1) is 0 Å². The lowest BCUT2D eigenvalue weighted by Crippen LogP contribution is -2.34. The van der Waals surface area contributed by atoms with Gasteiger partial charge in [0.2, 0.25) is 5.43 Å². The summed E-state index contributed by atoms with van der Waals surface area (Å²) in [6, 6.07) is 12.0. The number of carboxylic acids is 1. The molecule has 1 aromatic heterocycles. The monoisotopic (exact) mass is 449 g/mol. The number of halogens is 1. The van der Waals surface area contributed by atoms with E-state index in [0.717, 1.165) is 32.4 Å². The third-order valence-electron chi connectivity index (χ3n) is 7.03. The quantitative estimate of drug-likeness (QED) is 0.611. The van der Waals surface area contributed by atoms with E-state index in [1.807, 2.05) is 29.7 Å². The SMILES string of the molecule is Cc1c(N2CCC(N(C)Cc3ccccc3)C2)c(F)cc2c(=O)c(C(=O)O)cn(C3CC3)c12. The molecule has 172 valence electrons. The van der Waals surface area contributed by atoms with Gasteiger partial charge in [0.05, 0.1) is 11.2 Å². The van der Waals surface area contributed by atoms with Crippen molar-refractivity contribution < 1.29 is 14.3 Å².